The van der Waals surface area contributed by atoms with E-state index >= 15 is 0 Å². The molecule has 184 valence electrons. The van der Waals surface area contributed by atoms with Crippen molar-refractivity contribution in [3.63, 3.8) is 0 Å². The van der Waals surface area contributed by atoms with Crippen molar-refractivity contribution in [3.05, 3.63) is 28.8 Å². The Morgan fingerprint density at radius 1 is 1.24 bits per heavy atom. The summed E-state index contributed by atoms with van der Waals surface area (Å²) in [6.45, 7) is 0.379. The molecule has 1 heterocycles. The topological polar surface area (TPSA) is 133 Å². The SMILES string of the molecule is CNC(=O)C(=O)[C@H](C[C@@H]1CCNC1=O)NC(=O)c1cc(Cl)ccc1NC(=O)C1(C(F)(F)F)CC1. The Labute approximate surface area is 197 Å². The molecule has 13 heteroatoms. The van der Waals surface area contributed by atoms with Gasteiger partial charge in [-0.05, 0) is 43.9 Å². The molecule has 0 aromatic heterocycles. The lowest BCUT2D eigenvalue weighted by Crippen LogP contribution is -2.48. The minimum absolute atomic E-state index is 0.0458. The third kappa shape index (κ3) is 5.16. The second-order valence-corrected chi connectivity index (χ2v) is 8.64. The molecule has 2 fully saturated rings. The molecule has 0 radical (unpaired) electrons. The number of alkyl halides is 3. The Kier molecular flexibility index (Phi) is 7.20. The summed E-state index contributed by atoms with van der Waals surface area (Å²) in [7, 11) is 1.22. The normalized spacial score (nSPS) is 19.6. The van der Waals surface area contributed by atoms with Crippen molar-refractivity contribution < 1.29 is 37.1 Å². The van der Waals surface area contributed by atoms with Gasteiger partial charge in [0.2, 0.25) is 17.6 Å². The highest BCUT2D eigenvalue weighted by Gasteiger charge is 2.68. The van der Waals surface area contributed by atoms with Gasteiger partial charge in [0.05, 0.1) is 17.3 Å². The predicted octanol–water partition coefficient (Wildman–Crippen LogP) is 1.56. The first-order valence-corrected chi connectivity index (χ1v) is 10.8. The summed E-state index contributed by atoms with van der Waals surface area (Å²) in [4.78, 5) is 61.8. The molecule has 1 saturated heterocycles. The fraction of sp³-hybridized carbons (Fsp3) is 0.476. The number of rotatable bonds is 8. The van der Waals surface area contributed by atoms with Crippen LogP contribution in [0, 0.1) is 11.3 Å². The van der Waals surface area contributed by atoms with Crippen LogP contribution < -0.4 is 21.3 Å². The van der Waals surface area contributed by atoms with Crippen LogP contribution in [0.1, 0.15) is 36.0 Å². The number of ketones is 1. The Morgan fingerprint density at radius 2 is 1.91 bits per heavy atom. The molecule has 4 amide bonds. The van der Waals surface area contributed by atoms with Crippen molar-refractivity contribution in [2.75, 3.05) is 18.9 Å². The lowest BCUT2D eigenvalue weighted by molar-refractivity contribution is -0.189. The molecule has 0 unspecified atom stereocenters. The van der Waals surface area contributed by atoms with Gasteiger partial charge in [0.1, 0.15) is 5.41 Å². The third-order valence-corrected chi connectivity index (χ3v) is 6.19. The molecule has 2 aliphatic rings. The summed E-state index contributed by atoms with van der Waals surface area (Å²) in [5.41, 5.74) is -3.06. The number of anilines is 1. The monoisotopic (exact) mass is 502 g/mol. The maximum absolute atomic E-state index is 13.3. The number of amides is 4. The van der Waals surface area contributed by atoms with Gasteiger partial charge < -0.3 is 21.3 Å². The van der Waals surface area contributed by atoms with E-state index in [-0.39, 0.29) is 41.4 Å². The van der Waals surface area contributed by atoms with E-state index in [0.29, 0.717) is 13.0 Å². The zero-order valence-electron chi connectivity index (χ0n) is 18.0. The quantitative estimate of drug-likeness (QED) is 0.400. The fourth-order valence-electron chi connectivity index (χ4n) is 3.72. The molecule has 9 nitrogen and oxygen atoms in total. The summed E-state index contributed by atoms with van der Waals surface area (Å²) < 4.78 is 39.9. The van der Waals surface area contributed by atoms with Crippen molar-refractivity contribution in [3.8, 4) is 0 Å². The number of hydrogen-bond acceptors (Lipinski definition) is 5. The van der Waals surface area contributed by atoms with Crippen LogP contribution in [0.3, 0.4) is 0 Å². The van der Waals surface area contributed by atoms with Crippen molar-refractivity contribution in [1.29, 1.82) is 0 Å². The highest BCUT2D eigenvalue weighted by Crippen LogP contribution is 2.58. The zero-order chi connectivity index (χ0) is 25.3. The Balaban J connectivity index is 1.84. The van der Waals surface area contributed by atoms with Gasteiger partial charge in [-0.1, -0.05) is 11.6 Å². The number of hydrogen-bond donors (Lipinski definition) is 4. The van der Waals surface area contributed by atoms with Gasteiger partial charge in [-0.15, -0.1) is 0 Å². The molecular formula is C21H22ClF3N4O5. The second kappa shape index (κ2) is 9.61. The summed E-state index contributed by atoms with van der Waals surface area (Å²) >= 11 is 5.94. The van der Waals surface area contributed by atoms with Crippen LogP contribution in [-0.4, -0.2) is 55.2 Å². The van der Waals surface area contributed by atoms with Crippen LogP contribution >= 0.6 is 11.6 Å². The van der Waals surface area contributed by atoms with Crippen LogP contribution in [0.5, 0.6) is 0 Å². The van der Waals surface area contributed by atoms with Crippen molar-refractivity contribution in [1.82, 2.24) is 16.0 Å². The number of benzene rings is 1. The zero-order valence-corrected chi connectivity index (χ0v) is 18.7. The summed E-state index contributed by atoms with van der Waals surface area (Å²) in [6, 6.07) is 2.16. The fourth-order valence-corrected chi connectivity index (χ4v) is 3.90. The molecule has 1 aliphatic heterocycles. The molecule has 1 aromatic rings. The lowest BCUT2D eigenvalue weighted by Gasteiger charge is -2.22. The van der Waals surface area contributed by atoms with Crippen LogP contribution in [0.25, 0.3) is 0 Å². The molecular weight excluding hydrogens is 481 g/mol. The summed E-state index contributed by atoms with van der Waals surface area (Å²) in [5, 5.41) is 9.29. The minimum Gasteiger partial charge on any atom is -0.356 e. The molecule has 1 saturated carbocycles. The van der Waals surface area contributed by atoms with E-state index < -0.39 is 47.1 Å². The van der Waals surface area contributed by atoms with E-state index in [4.69, 9.17) is 11.6 Å². The maximum Gasteiger partial charge on any atom is 0.403 e. The van der Waals surface area contributed by atoms with Gasteiger partial charge in [-0.3, -0.25) is 24.0 Å². The maximum atomic E-state index is 13.3. The number of nitrogens with one attached hydrogen (secondary N) is 4. The third-order valence-electron chi connectivity index (χ3n) is 5.96. The van der Waals surface area contributed by atoms with Crippen molar-refractivity contribution >= 4 is 46.7 Å². The van der Waals surface area contributed by atoms with Gasteiger partial charge in [-0.2, -0.15) is 13.2 Å². The van der Waals surface area contributed by atoms with Gasteiger partial charge in [0, 0.05) is 24.5 Å². The number of Topliss-reactive ketones (excluding diaryl/α,β-unsaturated/α-hetero) is 1. The van der Waals surface area contributed by atoms with Crippen LogP contribution in [0.4, 0.5) is 18.9 Å². The van der Waals surface area contributed by atoms with Gasteiger partial charge in [-0.25, -0.2) is 0 Å². The Morgan fingerprint density at radius 3 is 2.44 bits per heavy atom. The highest BCUT2D eigenvalue weighted by atomic mass is 35.5. The minimum atomic E-state index is -4.75. The average Bonchev–Trinajstić information content (AvgIpc) is 3.52. The van der Waals surface area contributed by atoms with Gasteiger partial charge in [0.15, 0.2) is 0 Å². The number of halogens is 4. The van der Waals surface area contributed by atoms with Gasteiger partial charge in [0.25, 0.3) is 11.8 Å². The second-order valence-electron chi connectivity index (χ2n) is 8.21. The number of likely N-dealkylation sites (N-methyl/N-ethyl adjacent to an activating group) is 1. The molecule has 1 aliphatic carbocycles. The lowest BCUT2D eigenvalue weighted by atomic mass is 9.95. The first-order valence-electron chi connectivity index (χ1n) is 10.4. The van der Waals surface area contributed by atoms with Crippen molar-refractivity contribution in [2.24, 2.45) is 11.3 Å². The highest BCUT2D eigenvalue weighted by molar-refractivity contribution is 6.38. The number of carbonyl (C=O) groups excluding carboxylic acids is 5. The van der Waals surface area contributed by atoms with E-state index in [1.54, 1.807) is 0 Å². The molecule has 4 N–H and O–H groups in total. The van der Waals surface area contributed by atoms with E-state index in [1.807, 2.05) is 0 Å². The number of carbonyl (C=O) groups is 5. The predicted molar refractivity (Wildman–Crippen MR) is 114 cm³/mol. The molecule has 0 spiro atoms. The van der Waals surface area contributed by atoms with E-state index in [9.17, 15) is 37.1 Å². The average molecular weight is 503 g/mol. The smallest absolute Gasteiger partial charge is 0.356 e. The molecule has 34 heavy (non-hydrogen) atoms. The largest absolute Gasteiger partial charge is 0.403 e. The Bertz CT molecular complexity index is 1040. The van der Waals surface area contributed by atoms with Crippen LogP contribution in [-0.2, 0) is 19.2 Å². The molecule has 3 rings (SSSR count). The van der Waals surface area contributed by atoms with Gasteiger partial charge >= 0.3 is 6.18 Å². The Hall–Kier alpha value is -3.15. The standard InChI is InChI=1S/C21H22ClF3N4O5/c1-26-18(33)15(30)14(8-10-4-7-27-16(10)31)28-17(32)12-9-11(22)2-3-13(12)29-19(34)20(5-6-20)21(23,24)25/h2-3,9-10,14H,4-8H2,1H3,(H,26,33)(H,27,31)(H,28,32)(H,29,34)/t10-,14-/m0/s1. The van der Waals surface area contributed by atoms with Crippen molar-refractivity contribution in [2.45, 2.75) is 37.9 Å². The molecule has 1 aromatic carbocycles. The first-order chi connectivity index (χ1) is 15.9. The summed E-state index contributed by atoms with van der Waals surface area (Å²) in [5.74, 6) is -5.23. The first kappa shape index (κ1) is 25.5. The van der Waals surface area contributed by atoms with E-state index in [2.05, 4.69) is 21.3 Å². The van der Waals surface area contributed by atoms with E-state index in [0.717, 1.165) is 6.07 Å². The molecule has 0 bridgehead atoms. The van der Waals surface area contributed by atoms with E-state index in [1.165, 1.54) is 19.2 Å². The summed E-state index contributed by atoms with van der Waals surface area (Å²) in [6.07, 6.45) is -5.26. The molecule has 2 atom stereocenters. The van der Waals surface area contributed by atoms with Crippen LogP contribution in [0.15, 0.2) is 18.2 Å². The van der Waals surface area contributed by atoms with Crippen LogP contribution in [0.2, 0.25) is 5.02 Å².